The molecular weight excluding hydrogens is 644 g/mol. The smallest absolute Gasteiger partial charge is 0.322 e. The Balaban J connectivity index is 2.46. The predicted octanol–water partition coefficient (Wildman–Crippen LogP) is -6.84. The van der Waals surface area contributed by atoms with Gasteiger partial charge in [-0.15, -0.1) is 0 Å². The van der Waals surface area contributed by atoms with Gasteiger partial charge in [-0.25, -0.2) is 0 Å². The highest BCUT2D eigenvalue weighted by atomic mass is 16.4. The number of aliphatic hydroxyl groups is 1. The maximum Gasteiger partial charge on any atom is 0.322 e. The number of nitrogens with zero attached hydrogens (tertiary/aromatic N) is 2. The van der Waals surface area contributed by atoms with Crippen molar-refractivity contribution >= 4 is 59.2 Å². The molecule has 7 amide bonds. The van der Waals surface area contributed by atoms with Gasteiger partial charge < -0.3 is 63.6 Å². The number of fused-ring (bicyclic) bond motifs is 1. The maximum atomic E-state index is 13.4. The van der Waals surface area contributed by atoms with Gasteiger partial charge in [-0.05, 0) is 25.7 Å². The highest BCUT2D eigenvalue weighted by Gasteiger charge is 2.40. The van der Waals surface area contributed by atoms with Crippen LogP contribution in [0.1, 0.15) is 38.5 Å². The summed E-state index contributed by atoms with van der Waals surface area (Å²) in [4.78, 5) is 119. The molecule has 0 aromatic carbocycles. The molecule has 0 aromatic rings. The van der Waals surface area contributed by atoms with Crippen LogP contribution in [0.4, 0.5) is 0 Å². The molecule has 13 N–H and O–H groups in total. The molecule has 22 nitrogen and oxygen atoms in total. The van der Waals surface area contributed by atoms with Crippen LogP contribution >= 0.6 is 0 Å². The summed E-state index contributed by atoms with van der Waals surface area (Å²) < 4.78 is 0. The second-order valence-electron chi connectivity index (χ2n) is 10.8. The van der Waals surface area contributed by atoms with Gasteiger partial charge in [0.25, 0.3) is 0 Å². The summed E-state index contributed by atoms with van der Waals surface area (Å²) in [6.45, 7) is -2.59. The molecule has 2 fully saturated rings. The molecule has 0 bridgehead atoms. The summed E-state index contributed by atoms with van der Waals surface area (Å²) in [5.41, 5.74) is 10.6. The van der Waals surface area contributed by atoms with E-state index in [9.17, 15) is 53.4 Å². The van der Waals surface area contributed by atoms with Crippen molar-refractivity contribution in [3.8, 4) is 0 Å². The van der Waals surface area contributed by atoms with E-state index in [4.69, 9.17) is 16.6 Å². The first kappa shape index (κ1) is 38.6. The third-order valence-corrected chi connectivity index (χ3v) is 7.13. The summed E-state index contributed by atoms with van der Waals surface area (Å²) in [6, 6.07) is -7.80. The number of carboxylic acids is 2. The van der Waals surface area contributed by atoms with E-state index in [0.717, 1.165) is 4.90 Å². The molecule has 2 rings (SSSR count). The average molecular weight is 685 g/mol. The second-order valence-corrected chi connectivity index (χ2v) is 10.8. The Labute approximate surface area is 272 Å². The molecule has 0 aromatic heterocycles. The summed E-state index contributed by atoms with van der Waals surface area (Å²) in [7, 11) is 0. The van der Waals surface area contributed by atoms with Gasteiger partial charge in [0.15, 0.2) is 5.96 Å². The number of aliphatic carboxylic acids is 2. The molecule has 5 atom stereocenters. The fraction of sp³-hybridized carbons (Fsp3) is 0.615. The fourth-order valence-corrected chi connectivity index (χ4v) is 4.83. The number of carbonyl (C=O) groups is 9. The third-order valence-electron chi connectivity index (χ3n) is 7.13. The molecule has 2 heterocycles. The molecular formula is C26H40N10O12. The summed E-state index contributed by atoms with van der Waals surface area (Å²) in [5.74, 6) is -10.2. The van der Waals surface area contributed by atoms with Crippen molar-refractivity contribution in [1.29, 1.82) is 0 Å². The number of hydrogen-bond donors (Lipinski definition) is 11. The third kappa shape index (κ3) is 12.3. The lowest BCUT2D eigenvalue weighted by atomic mass is 10.1. The van der Waals surface area contributed by atoms with Gasteiger partial charge >= 0.3 is 11.9 Å². The monoisotopic (exact) mass is 684 g/mol. The quantitative estimate of drug-likeness (QED) is 0.0579. The Kier molecular flexibility index (Phi) is 14.9. The number of nitrogens with one attached hydrogen (secondary N) is 6. The van der Waals surface area contributed by atoms with Crippen LogP contribution in [-0.2, 0) is 43.2 Å². The number of aliphatic imine (C=N–C) groups is 1. The molecule has 48 heavy (non-hydrogen) atoms. The number of nitrogens with two attached hydrogens (primary N) is 2. The van der Waals surface area contributed by atoms with Gasteiger partial charge in [0, 0.05) is 13.1 Å². The van der Waals surface area contributed by atoms with E-state index in [0.29, 0.717) is 0 Å². The molecule has 0 aliphatic carbocycles. The number of rotatable bonds is 10. The molecule has 0 radical (unpaired) electrons. The van der Waals surface area contributed by atoms with Crippen molar-refractivity contribution in [2.45, 2.75) is 68.7 Å². The molecule has 22 heteroatoms. The number of amides is 7. The Morgan fingerprint density at radius 3 is 2.17 bits per heavy atom. The molecule has 0 unspecified atom stereocenters. The first-order chi connectivity index (χ1) is 22.6. The summed E-state index contributed by atoms with van der Waals surface area (Å²) >= 11 is 0. The van der Waals surface area contributed by atoms with Crippen molar-refractivity contribution in [1.82, 2.24) is 36.8 Å². The number of carboxylic acid groups (broad SMARTS) is 2. The molecule has 2 aliphatic heterocycles. The number of guanidine groups is 1. The van der Waals surface area contributed by atoms with Gasteiger partial charge in [-0.2, -0.15) is 0 Å². The van der Waals surface area contributed by atoms with Gasteiger partial charge in [-0.3, -0.25) is 48.1 Å². The normalized spacial score (nSPS) is 24.6. The zero-order chi connectivity index (χ0) is 36.0. The molecule has 2 saturated heterocycles. The topological polar surface area (TPSA) is 354 Å². The van der Waals surface area contributed by atoms with Crippen molar-refractivity contribution in [3.63, 3.8) is 0 Å². The highest BCUT2D eigenvalue weighted by Crippen LogP contribution is 2.19. The predicted molar refractivity (Wildman–Crippen MR) is 160 cm³/mol. The lowest BCUT2D eigenvalue weighted by Crippen LogP contribution is -2.60. The van der Waals surface area contributed by atoms with Gasteiger partial charge in [0.05, 0.1) is 26.0 Å². The molecule has 266 valence electrons. The Morgan fingerprint density at radius 2 is 1.54 bits per heavy atom. The minimum absolute atomic E-state index is 0.0204. The second kappa shape index (κ2) is 18.6. The van der Waals surface area contributed by atoms with Crippen LogP contribution in [0.5, 0.6) is 0 Å². The minimum Gasteiger partial charge on any atom is -0.481 e. The number of aliphatic hydroxyl groups excluding tert-OH is 1. The van der Waals surface area contributed by atoms with Crippen LogP contribution < -0.4 is 43.4 Å². The summed E-state index contributed by atoms with van der Waals surface area (Å²) in [5, 5.41) is 41.6. The van der Waals surface area contributed by atoms with Crippen LogP contribution in [0.25, 0.3) is 0 Å². The van der Waals surface area contributed by atoms with Crippen LogP contribution in [0.2, 0.25) is 0 Å². The van der Waals surface area contributed by atoms with Crippen molar-refractivity contribution in [3.05, 3.63) is 0 Å². The van der Waals surface area contributed by atoms with E-state index in [2.05, 4.69) is 31.6 Å². The number of hydrogen-bond acceptors (Lipinski definition) is 11. The average Bonchev–Trinajstić information content (AvgIpc) is 3.51. The van der Waals surface area contributed by atoms with E-state index in [-0.39, 0.29) is 44.7 Å². The fourth-order valence-electron chi connectivity index (χ4n) is 4.83. The first-order valence-electron chi connectivity index (χ1n) is 14.8. The summed E-state index contributed by atoms with van der Waals surface area (Å²) in [6.07, 6.45) is -1.39. The minimum atomic E-state index is -1.79. The van der Waals surface area contributed by atoms with E-state index in [1.165, 1.54) is 0 Å². The first-order valence-corrected chi connectivity index (χ1v) is 14.8. The van der Waals surface area contributed by atoms with Crippen LogP contribution in [0, 0.1) is 0 Å². The Hall–Kier alpha value is -5.54. The van der Waals surface area contributed by atoms with Crippen molar-refractivity contribution in [2.75, 3.05) is 32.8 Å². The number of carbonyl (C=O) groups excluding carboxylic acids is 7. The molecule has 0 spiro atoms. The molecule has 2 aliphatic rings. The molecule has 0 saturated carbocycles. The largest absolute Gasteiger partial charge is 0.481 e. The zero-order valence-electron chi connectivity index (χ0n) is 25.7. The van der Waals surface area contributed by atoms with E-state index < -0.39 is 116 Å². The van der Waals surface area contributed by atoms with Crippen LogP contribution in [0.3, 0.4) is 0 Å². The van der Waals surface area contributed by atoms with Gasteiger partial charge in [0.1, 0.15) is 36.8 Å². The van der Waals surface area contributed by atoms with E-state index >= 15 is 0 Å². The van der Waals surface area contributed by atoms with Crippen molar-refractivity contribution in [2.24, 2.45) is 16.5 Å². The Morgan fingerprint density at radius 1 is 0.875 bits per heavy atom. The standard InChI is InChI=1S/C26H40N10O12/c27-26(28)29-5-1-3-12-22(45)33-14(8-19(40)41)23(46)35-15(11-37)25(48)36-6-2-4-16(36)24(47)34-13(21(44)31-10-20(42)43)7-17(38)30-9-18(39)32-12/h12-16,37H,1-11H2,(H,30,38)(H,31,44)(H,32,39)(H,33,45)(H,34,47)(H,35,46)(H,40,41)(H,42,43)(H4,27,28,29)/t12-,13-,14-,15-,16-/m0/s1. The van der Waals surface area contributed by atoms with E-state index in [1.54, 1.807) is 0 Å². The Bertz CT molecular complexity index is 1300. The lowest BCUT2D eigenvalue weighted by Gasteiger charge is -2.30. The maximum absolute atomic E-state index is 13.4. The van der Waals surface area contributed by atoms with E-state index in [1.807, 2.05) is 5.32 Å². The van der Waals surface area contributed by atoms with Crippen LogP contribution in [0.15, 0.2) is 4.99 Å². The SMILES string of the molecule is NC(N)=NCCC[C@@H]1NC(=O)CNC(=O)C[C@@H](C(=O)NCC(=O)O)NC(=O)[C@@H]2CCCN2C(=O)[C@H](CO)NC(=O)[C@H](CC(=O)O)NC1=O. The van der Waals surface area contributed by atoms with Gasteiger partial charge in [-0.1, -0.05) is 0 Å². The van der Waals surface area contributed by atoms with Gasteiger partial charge in [0.2, 0.25) is 41.4 Å². The zero-order valence-corrected chi connectivity index (χ0v) is 25.7. The highest BCUT2D eigenvalue weighted by molar-refractivity contribution is 5.99. The van der Waals surface area contributed by atoms with Crippen molar-refractivity contribution < 1.29 is 58.5 Å². The lowest BCUT2D eigenvalue weighted by molar-refractivity contribution is -0.144. The van der Waals surface area contributed by atoms with Crippen LogP contribution in [-0.4, -0.2) is 142 Å².